The van der Waals surface area contributed by atoms with Crippen LogP contribution in [0.4, 0.5) is 4.39 Å². The van der Waals surface area contributed by atoms with Crippen LogP contribution >= 0.6 is 11.8 Å². The van der Waals surface area contributed by atoms with Crippen LogP contribution < -0.4 is 4.74 Å². The van der Waals surface area contributed by atoms with E-state index < -0.39 is 17.5 Å². The maximum atomic E-state index is 13.7. The fourth-order valence-electron chi connectivity index (χ4n) is 3.70. The molecule has 142 valence electrons. The summed E-state index contributed by atoms with van der Waals surface area (Å²) in [6, 6.07) is 15.0. The van der Waals surface area contributed by atoms with Gasteiger partial charge >= 0.3 is 0 Å². The van der Waals surface area contributed by atoms with Gasteiger partial charge < -0.3 is 9.84 Å². The number of methoxy groups -OCH3 is 1. The second-order valence-electron chi connectivity index (χ2n) is 6.71. The fraction of sp³-hybridized carbons (Fsp3) is 0.238. The van der Waals surface area contributed by atoms with E-state index in [-0.39, 0.29) is 18.1 Å². The molecule has 1 N–H and O–H groups in total. The van der Waals surface area contributed by atoms with Crippen molar-refractivity contribution in [3.8, 4) is 11.8 Å². The Hall–Kier alpha value is -2.82. The summed E-state index contributed by atoms with van der Waals surface area (Å²) >= 11 is 1.26. The minimum atomic E-state index is -1.54. The predicted molar refractivity (Wildman–Crippen MR) is 103 cm³/mol. The molecule has 2 aliphatic heterocycles. The van der Waals surface area contributed by atoms with Crippen LogP contribution in [0.3, 0.4) is 0 Å². The molecule has 1 amide bonds. The molecule has 1 saturated heterocycles. The zero-order valence-corrected chi connectivity index (χ0v) is 15.9. The number of nitrogens with zero attached hydrogens (tertiary/aromatic N) is 2. The average molecular weight is 396 g/mol. The SMILES string of the molecule is COc1ccc(C2(O)CSC3=C(C#N)C(c4cccc(F)c4)CC(=O)N32)cc1. The topological polar surface area (TPSA) is 73.6 Å². The van der Waals surface area contributed by atoms with E-state index in [9.17, 15) is 19.6 Å². The van der Waals surface area contributed by atoms with E-state index in [1.165, 1.54) is 28.8 Å². The van der Waals surface area contributed by atoms with Crippen molar-refractivity contribution >= 4 is 17.7 Å². The number of rotatable bonds is 3. The first-order valence-electron chi connectivity index (χ1n) is 8.70. The van der Waals surface area contributed by atoms with Gasteiger partial charge in [-0.1, -0.05) is 24.3 Å². The van der Waals surface area contributed by atoms with Crippen LogP contribution in [0.25, 0.3) is 0 Å². The number of fused-ring (bicyclic) bond motifs is 1. The van der Waals surface area contributed by atoms with Gasteiger partial charge in [-0.2, -0.15) is 5.26 Å². The lowest BCUT2D eigenvalue weighted by atomic mass is 9.85. The van der Waals surface area contributed by atoms with Gasteiger partial charge in [-0.05, 0) is 29.8 Å². The van der Waals surface area contributed by atoms with Crippen molar-refractivity contribution in [1.29, 1.82) is 5.26 Å². The van der Waals surface area contributed by atoms with Crippen LogP contribution in [0.1, 0.15) is 23.5 Å². The maximum absolute atomic E-state index is 13.7. The first kappa shape index (κ1) is 18.5. The molecule has 5 nitrogen and oxygen atoms in total. The summed E-state index contributed by atoms with van der Waals surface area (Å²) in [6.07, 6.45) is -0.00509. The van der Waals surface area contributed by atoms with E-state index in [1.807, 2.05) is 0 Å². The molecule has 2 heterocycles. The number of nitriles is 1. The Morgan fingerprint density at radius 3 is 2.71 bits per heavy atom. The van der Waals surface area contributed by atoms with Gasteiger partial charge in [0.2, 0.25) is 5.91 Å². The zero-order chi connectivity index (χ0) is 19.9. The smallest absolute Gasteiger partial charge is 0.231 e. The van der Waals surface area contributed by atoms with Crippen molar-refractivity contribution in [3.05, 3.63) is 76.1 Å². The van der Waals surface area contributed by atoms with Crippen LogP contribution in [0.5, 0.6) is 5.75 Å². The summed E-state index contributed by atoms with van der Waals surface area (Å²) in [5.41, 5.74) is -0.0407. The van der Waals surface area contributed by atoms with Crippen molar-refractivity contribution in [2.45, 2.75) is 18.1 Å². The first-order valence-corrected chi connectivity index (χ1v) is 9.69. The van der Waals surface area contributed by atoms with Crippen molar-refractivity contribution in [1.82, 2.24) is 4.90 Å². The number of aliphatic hydroxyl groups is 1. The molecule has 0 spiro atoms. The van der Waals surface area contributed by atoms with Crippen LogP contribution in [-0.2, 0) is 10.5 Å². The summed E-state index contributed by atoms with van der Waals surface area (Å²) in [5, 5.41) is 21.6. The molecule has 2 unspecified atom stereocenters. The van der Waals surface area contributed by atoms with Crippen LogP contribution in [0.2, 0.25) is 0 Å². The molecule has 0 radical (unpaired) electrons. The Morgan fingerprint density at radius 2 is 2.07 bits per heavy atom. The Labute approximate surface area is 166 Å². The number of allylic oxidation sites excluding steroid dienone is 1. The lowest BCUT2D eigenvalue weighted by Crippen LogP contribution is -2.48. The van der Waals surface area contributed by atoms with Gasteiger partial charge in [-0.25, -0.2) is 4.39 Å². The number of carbonyl (C=O) groups excluding carboxylic acids is 1. The molecule has 0 aromatic heterocycles. The molecule has 0 saturated carbocycles. The third-order valence-corrected chi connectivity index (χ3v) is 6.34. The third kappa shape index (κ3) is 2.86. The monoisotopic (exact) mass is 396 g/mol. The Balaban J connectivity index is 1.78. The van der Waals surface area contributed by atoms with Gasteiger partial charge in [-0.3, -0.25) is 9.69 Å². The van der Waals surface area contributed by atoms with Gasteiger partial charge in [0.25, 0.3) is 0 Å². The molecule has 2 aromatic carbocycles. The molecule has 2 aliphatic rings. The van der Waals surface area contributed by atoms with E-state index >= 15 is 0 Å². The molecule has 0 bridgehead atoms. The number of amides is 1. The minimum Gasteiger partial charge on any atom is -0.497 e. The Morgan fingerprint density at radius 1 is 1.32 bits per heavy atom. The van der Waals surface area contributed by atoms with Crippen molar-refractivity contribution in [2.75, 3.05) is 12.9 Å². The Kier molecular flexibility index (Phi) is 4.61. The van der Waals surface area contributed by atoms with Crippen LogP contribution in [-0.4, -0.2) is 28.8 Å². The first-order chi connectivity index (χ1) is 13.5. The molecular weight excluding hydrogens is 379 g/mol. The van der Waals surface area contributed by atoms with Crippen molar-refractivity contribution in [3.63, 3.8) is 0 Å². The predicted octanol–water partition coefficient (Wildman–Crippen LogP) is 3.48. The molecule has 0 aliphatic carbocycles. The minimum absolute atomic E-state index is 0.00509. The molecule has 4 rings (SSSR count). The number of halogens is 1. The third-order valence-electron chi connectivity index (χ3n) is 5.11. The average Bonchev–Trinajstić information content (AvgIpc) is 3.07. The summed E-state index contributed by atoms with van der Waals surface area (Å²) in [7, 11) is 1.55. The van der Waals surface area contributed by atoms with Gasteiger partial charge in [0, 0.05) is 17.9 Å². The van der Waals surface area contributed by atoms with Gasteiger partial charge in [0.15, 0.2) is 5.72 Å². The van der Waals surface area contributed by atoms with E-state index in [1.54, 1.807) is 43.5 Å². The van der Waals surface area contributed by atoms with Crippen molar-refractivity contribution < 1.29 is 19.0 Å². The molecule has 2 atom stereocenters. The lowest BCUT2D eigenvalue weighted by Gasteiger charge is -2.38. The molecular formula is C21H17FN2O3S. The second kappa shape index (κ2) is 6.97. The summed E-state index contributed by atoms with van der Waals surface area (Å²) in [6.45, 7) is 0. The van der Waals surface area contributed by atoms with Gasteiger partial charge in [0.05, 0.1) is 29.5 Å². The number of hydrogen-bond acceptors (Lipinski definition) is 5. The number of hydrogen-bond donors (Lipinski definition) is 1. The molecule has 28 heavy (non-hydrogen) atoms. The lowest BCUT2D eigenvalue weighted by molar-refractivity contribution is -0.149. The normalized spacial score (nSPS) is 24.1. The summed E-state index contributed by atoms with van der Waals surface area (Å²) in [4.78, 5) is 14.3. The largest absolute Gasteiger partial charge is 0.497 e. The highest BCUT2D eigenvalue weighted by Crippen LogP contribution is 2.51. The van der Waals surface area contributed by atoms with Crippen molar-refractivity contribution in [2.24, 2.45) is 0 Å². The maximum Gasteiger partial charge on any atom is 0.231 e. The fourth-order valence-corrected chi connectivity index (χ4v) is 5.06. The van der Waals surface area contributed by atoms with E-state index in [0.29, 0.717) is 27.5 Å². The number of carbonyl (C=O) groups is 1. The highest BCUT2D eigenvalue weighted by atomic mass is 32.2. The number of thioether (sulfide) groups is 1. The summed E-state index contributed by atoms with van der Waals surface area (Å²) in [5.74, 6) is -0.385. The highest BCUT2D eigenvalue weighted by Gasteiger charge is 2.51. The van der Waals surface area contributed by atoms with E-state index in [2.05, 4.69) is 6.07 Å². The van der Waals surface area contributed by atoms with Crippen LogP contribution in [0, 0.1) is 17.1 Å². The summed E-state index contributed by atoms with van der Waals surface area (Å²) < 4.78 is 18.8. The molecule has 2 aromatic rings. The molecule has 1 fully saturated rings. The zero-order valence-electron chi connectivity index (χ0n) is 15.1. The van der Waals surface area contributed by atoms with Gasteiger partial charge in [0.1, 0.15) is 11.6 Å². The second-order valence-corrected chi connectivity index (χ2v) is 7.67. The highest BCUT2D eigenvalue weighted by molar-refractivity contribution is 8.03. The number of benzene rings is 2. The molecule has 7 heteroatoms. The number of ether oxygens (including phenoxy) is 1. The van der Waals surface area contributed by atoms with Crippen LogP contribution in [0.15, 0.2) is 59.1 Å². The van der Waals surface area contributed by atoms with E-state index in [4.69, 9.17) is 4.74 Å². The quantitative estimate of drug-likeness (QED) is 0.860. The van der Waals surface area contributed by atoms with Gasteiger partial charge in [-0.15, -0.1) is 11.8 Å². The Bertz CT molecular complexity index is 1020. The standard InChI is InChI=1S/C21H17FN2O3S/c1-27-16-7-5-14(6-8-16)21(26)12-28-20-18(11-23)17(10-19(25)24(20)21)13-3-2-4-15(22)9-13/h2-9,17,26H,10,12H2,1H3. The van der Waals surface area contributed by atoms with E-state index in [0.717, 1.165) is 0 Å².